The third-order valence-corrected chi connectivity index (χ3v) is 5.31. The van der Waals surface area contributed by atoms with Gasteiger partial charge in [-0.05, 0) is 30.3 Å². The number of methoxy groups -OCH3 is 1. The first-order chi connectivity index (χ1) is 12.3. The smallest absolute Gasteiger partial charge is 0.186 e. The molecule has 0 saturated carbocycles. The Balaban J connectivity index is 0.00000196. The topological polar surface area (TPSA) is 59.5 Å². The molecule has 0 spiro atoms. The first-order valence-corrected chi connectivity index (χ1v) is 9.10. The summed E-state index contributed by atoms with van der Waals surface area (Å²) in [6, 6.07) is 10.0. The van der Waals surface area contributed by atoms with Crippen LogP contribution in [-0.2, 0) is 0 Å². The molecule has 1 N–H and O–H groups in total. The van der Waals surface area contributed by atoms with Gasteiger partial charge < -0.3 is 19.7 Å². The monoisotopic (exact) mass is 392 g/mol. The van der Waals surface area contributed by atoms with Gasteiger partial charge in [0, 0.05) is 25.8 Å². The Hall–Kier alpha value is -2.09. The van der Waals surface area contributed by atoms with E-state index < -0.39 is 0 Å². The second-order valence-electron chi connectivity index (χ2n) is 5.88. The largest absolute Gasteiger partial charge is 0.497 e. The molecule has 0 bridgehead atoms. The highest BCUT2D eigenvalue weighted by Gasteiger charge is 2.25. The number of nitrogens with zero attached hydrogens (tertiary/aromatic N) is 3. The van der Waals surface area contributed by atoms with Gasteiger partial charge in [0.05, 0.1) is 29.6 Å². The first-order valence-electron chi connectivity index (χ1n) is 8.28. The SMILES string of the molecule is COc1ccc2nc(N3CCNCC3COc3cccnc3)sc2c1.Cl. The lowest BCUT2D eigenvalue weighted by Crippen LogP contribution is -2.54. The van der Waals surface area contributed by atoms with E-state index >= 15 is 0 Å². The van der Waals surface area contributed by atoms with Crippen LogP contribution in [0.2, 0.25) is 0 Å². The van der Waals surface area contributed by atoms with Gasteiger partial charge in [-0.3, -0.25) is 4.98 Å². The van der Waals surface area contributed by atoms with E-state index in [1.165, 1.54) is 0 Å². The summed E-state index contributed by atoms with van der Waals surface area (Å²) in [7, 11) is 1.69. The molecule has 1 aliphatic heterocycles. The minimum atomic E-state index is 0. The minimum absolute atomic E-state index is 0. The van der Waals surface area contributed by atoms with Crippen LogP contribution in [-0.4, -0.2) is 49.4 Å². The Morgan fingerprint density at radius 2 is 2.23 bits per heavy atom. The standard InChI is InChI=1S/C18H20N4O2S.ClH/c1-23-14-4-5-16-17(9-14)25-18(21-16)22-8-7-20-10-13(22)12-24-15-3-2-6-19-11-15;/h2-6,9,11,13,20H,7-8,10,12H2,1H3;1H. The van der Waals surface area contributed by atoms with E-state index in [0.29, 0.717) is 6.61 Å². The molecule has 138 valence electrons. The maximum absolute atomic E-state index is 5.92. The van der Waals surface area contributed by atoms with Crippen molar-refractivity contribution < 1.29 is 9.47 Å². The van der Waals surface area contributed by atoms with Gasteiger partial charge in [0.25, 0.3) is 0 Å². The number of fused-ring (bicyclic) bond motifs is 1. The molecule has 6 nitrogen and oxygen atoms in total. The highest BCUT2D eigenvalue weighted by molar-refractivity contribution is 7.22. The van der Waals surface area contributed by atoms with E-state index in [4.69, 9.17) is 14.5 Å². The highest BCUT2D eigenvalue weighted by Crippen LogP contribution is 2.32. The van der Waals surface area contributed by atoms with Crippen molar-refractivity contribution in [3.05, 3.63) is 42.7 Å². The summed E-state index contributed by atoms with van der Waals surface area (Å²) in [5.41, 5.74) is 1.01. The molecule has 3 aromatic rings. The summed E-state index contributed by atoms with van der Waals surface area (Å²) >= 11 is 1.70. The van der Waals surface area contributed by atoms with E-state index in [9.17, 15) is 0 Å². The molecule has 1 aromatic carbocycles. The van der Waals surface area contributed by atoms with Gasteiger partial charge in [-0.15, -0.1) is 12.4 Å². The van der Waals surface area contributed by atoms with E-state index in [0.717, 1.165) is 46.5 Å². The summed E-state index contributed by atoms with van der Waals surface area (Å²) in [5, 5.41) is 4.47. The molecule has 0 amide bonds. The van der Waals surface area contributed by atoms with Crippen LogP contribution in [0.25, 0.3) is 10.2 Å². The molecule has 2 aromatic heterocycles. The molecule has 8 heteroatoms. The summed E-state index contributed by atoms with van der Waals surface area (Å²) in [5.74, 6) is 1.65. The van der Waals surface area contributed by atoms with Crippen molar-refractivity contribution >= 4 is 39.1 Å². The molecule has 1 aliphatic rings. The predicted molar refractivity (Wildman–Crippen MR) is 107 cm³/mol. The van der Waals surface area contributed by atoms with E-state index in [1.54, 1.807) is 30.8 Å². The molecule has 1 unspecified atom stereocenters. The fourth-order valence-corrected chi connectivity index (χ4v) is 4.02. The number of thiazole rings is 1. The molecule has 1 fully saturated rings. The third-order valence-electron chi connectivity index (χ3n) is 4.26. The molecular weight excluding hydrogens is 372 g/mol. The van der Waals surface area contributed by atoms with Crippen LogP contribution in [0.5, 0.6) is 11.5 Å². The number of benzene rings is 1. The van der Waals surface area contributed by atoms with E-state index in [-0.39, 0.29) is 18.4 Å². The predicted octanol–water partition coefficient (Wildman–Crippen LogP) is 2.98. The normalized spacial score (nSPS) is 17.0. The number of piperazine rings is 1. The second kappa shape index (κ2) is 8.53. The molecule has 26 heavy (non-hydrogen) atoms. The molecule has 4 rings (SSSR count). The van der Waals surface area contributed by atoms with Crippen molar-refractivity contribution in [3.63, 3.8) is 0 Å². The van der Waals surface area contributed by atoms with Crippen molar-refractivity contribution in [2.45, 2.75) is 6.04 Å². The van der Waals surface area contributed by atoms with Crippen LogP contribution in [0, 0.1) is 0 Å². The zero-order valence-electron chi connectivity index (χ0n) is 14.4. The van der Waals surface area contributed by atoms with Crippen LogP contribution < -0.4 is 19.7 Å². The number of hydrogen-bond donors (Lipinski definition) is 1. The van der Waals surface area contributed by atoms with Gasteiger partial charge in [-0.1, -0.05) is 11.3 Å². The lowest BCUT2D eigenvalue weighted by atomic mass is 10.2. The summed E-state index contributed by atoms with van der Waals surface area (Å²) in [4.78, 5) is 11.2. The van der Waals surface area contributed by atoms with Gasteiger partial charge in [-0.2, -0.15) is 0 Å². The number of aromatic nitrogens is 2. The van der Waals surface area contributed by atoms with E-state index in [1.807, 2.05) is 30.3 Å². The number of pyridine rings is 1. The number of nitrogens with one attached hydrogen (secondary N) is 1. The molecular formula is C18H21ClN4O2S. The quantitative estimate of drug-likeness (QED) is 0.720. The maximum atomic E-state index is 5.92. The lowest BCUT2D eigenvalue weighted by molar-refractivity contribution is 0.266. The van der Waals surface area contributed by atoms with Gasteiger partial charge >= 0.3 is 0 Å². The summed E-state index contributed by atoms with van der Waals surface area (Å²) in [6.07, 6.45) is 3.49. The number of ether oxygens (including phenoxy) is 2. The number of hydrogen-bond acceptors (Lipinski definition) is 7. The van der Waals surface area contributed by atoms with Gasteiger partial charge in [0.2, 0.25) is 0 Å². The molecule has 1 saturated heterocycles. The van der Waals surface area contributed by atoms with Crippen molar-refractivity contribution in [2.24, 2.45) is 0 Å². The fraction of sp³-hybridized carbons (Fsp3) is 0.333. The zero-order valence-corrected chi connectivity index (χ0v) is 16.1. The van der Waals surface area contributed by atoms with Crippen LogP contribution in [0.15, 0.2) is 42.7 Å². The van der Waals surface area contributed by atoms with Crippen molar-refractivity contribution in [2.75, 3.05) is 38.3 Å². The lowest BCUT2D eigenvalue weighted by Gasteiger charge is -2.35. The van der Waals surface area contributed by atoms with Gasteiger partial charge in [0.1, 0.15) is 18.1 Å². The summed E-state index contributed by atoms with van der Waals surface area (Å²) < 4.78 is 12.4. The van der Waals surface area contributed by atoms with E-state index in [2.05, 4.69) is 15.2 Å². The van der Waals surface area contributed by atoms with Gasteiger partial charge in [-0.25, -0.2) is 4.98 Å². The molecule has 1 atom stereocenters. The number of anilines is 1. The van der Waals surface area contributed by atoms with Crippen LogP contribution in [0.1, 0.15) is 0 Å². The molecule has 0 radical (unpaired) electrons. The number of halogens is 1. The molecule has 3 heterocycles. The fourth-order valence-electron chi connectivity index (χ4n) is 2.93. The molecule has 0 aliphatic carbocycles. The van der Waals surface area contributed by atoms with Crippen LogP contribution in [0.4, 0.5) is 5.13 Å². The van der Waals surface area contributed by atoms with Crippen molar-refractivity contribution in [3.8, 4) is 11.5 Å². The van der Waals surface area contributed by atoms with Crippen molar-refractivity contribution in [1.82, 2.24) is 15.3 Å². The third kappa shape index (κ3) is 4.00. The Morgan fingerprint density at radius 1 is 1.31 bits per heavy atom. The Morgan fingerprint density at radius 3 is 3.04 bits per heavy atom. The first kappa shape index (κ1) is 18.7. The summed E-state index contributed by atoms with van der Waals surface area (Å²) in [6.45, 7) is 3.33. The number of rotatable bonds is 5. The van der Waals surface area contributed by atoms with Crippen LogP contribution >= 0.6 is 23.7 Å². The Kier molecular flexibility index (Phi) is 6.13. The van der Waals surface area contributed by atoms with Gasteiger partial charge in [0.15, 0.2) is 5.13 Å². The Bertz CT molecular complexity index is 846. The maximum Gasteiger partial charge on any atom is 0.186 e. The Labute approximate surface area is 162 Å². The average molecular weight is 393 g/mol. The van der Waals surface area contributed by atoms with Crippen LogP contribution in [0.3, 0.4) is 0 Å². The second-order valence-corrected chi connectivity index (χ2v) is 6.89. The average Bonchev–Trinajstić information content (AvgIpc) is 3.10. The highest BCUT2D eigenvalue weighted by atomic mass is 35.5. The van der Waals surface area contributed by atoms with Crippen molar-refractivity contribution in [1.29, 1.82) is 0 Å². The minimum Gasteiger partial charge on any atom is -0.497 e. The zero-order chi connectivity index (χ0) is 17.1.